The van der Waals surface area contributed by atoms with Crippen molar-refractivity contribution in [2.45, 2.75) is 0 Å². The fourth-order valence-electron chi connectivity index (χ4n) is 1.83. The zero-order valence-corrected chi connectivity index (χ0v) is 13.5. The monoisotopic (exact) mass is 366 g/mol. The zero-order chi connectivity index (χ0) is 15.6. The summed E-state index contributed by atoms with van der Waals surface area (Å²) in [6.45, 7) is 0. The van der Waals surface area contributed by atoms with Gasteiger partial charge in [-0.2, -0.15) is 0 Å². The Morgan fingerprint density at radius 1 is 1.29 bits per heavy atom. The lowest BCUT2D eigenvalue weighted by molar-refractivity contribution is 0.0992. The molecule has 0 aliphatic rings. The van der Waals surface area contributed by atoms with E-state index in [0.29, 0.717) is 11.3 Å². The van der Waals surface area contributed by atoms with Gasteiger partial charge in [0.15, 0.2) is 0 Å². The van der Waals surface area contributed by atoms with E-state index in [-0.39, 0.29) is 20.9 Å². The first-order valence-corrected chi connectivity index (χ1v) is 7.24. The summed E-state index contributed by atoms with van der Waals surface area (Å²) in [4.78, 5) is 14.1. The minimum Gasteiger partial charge on any atom is -0.389 e. The van der Waals surface area contributed by atoms with Crippen LogP contribution < -0.4 is 10.6 Å². The Labute approximate surface area is 135 Å². The van der Waals surface area contributed by atoms with Crippen LogP contribution in [0.5, 0.6) is 0 Å². The number of nitrogens with zero attached hydrogens (tertiary/aromatic N) is 1. The molecule has 0 aliphatic carbocycles. The Balaban J connectivity index is 2.37. The van der Waals surface area contributed by atoms with E-state index in [1.54, 1.807) is 37.4 Å². The topological polar surface area (TPSA) is 46.3 Å². The third-order valence-corrected chi connectivity index (χ3v) is 4.05. The van der Waals surface area contributed by atoms with Crippen LogP contribution in [-0.2, 0) is 0 Å². The Hall–Kier alpha value is -1.79. The number of halogens is 2. The number of hydrogen-bond acceptors (Lipinski definition) is 2. The smallest absolute Gasteiger partial charge is 0.259 e. The van der Waals surface area contributed by atoms with Crippen LogP contribution in [0.25, 0.3) is 0 Å². The molecule has 0 fully saturated rings. The van der Waals surface area contributed by atoms with Gasteiger partial charge in [0.1, 0.15) is 10.8 Å². The molecule has 0 aromatic heterocycles. The first-order chi connectivity index (χ1) is 9.91. The summed E-state index contributed by atoms with van der Waals surface area (Å²) in [5, 5.41) is 0. The minimum atomic E-state index is -0.480. The van der Waals surface area contributed by atoms with E-state index in [2.05, 4.69) is 15.9 Å². The van der Waals surface area contributed by atoms with E-state index in [1.165, 1.54) is 17.0 Å². The van der Waals surface area contributed by atoms with Gasteiger partial charge in [-0.05, 0) is 40.2 Å². The molecule has 0 heterocycles. The van der Waals surface area contributed by atoms with Gasteiger partial charge < -0.3 is 10.6 Å². The van der Waals surface area contributed by atoms with Crippen LogP contribution in [0.1, 0.15) is 15.9 Å². The van der Waals surface area contributed by atoms with Crippen molar-refractivity contribution >= 4 is 44.7 Å². The molecule has 0 atom stereocenters. The van der Waals surface area contributed by atoms with E-state index >= 15 is 0 Å². The Morgan fingerprint density at radius 2 is 1.95 bits per heavy atom. The fraction of sp³-hybridized carbons (Fsp3) is 0.0667. The van der Waals surface area contributed by atoms with Gasteiger partial charge >= 0.3 is 0 Å². The van der Waals surface area contributed by atoms with Crippen molar-refractivity contribution in [3.63, 3.8) is 0 Å². The van der Waals surface area contributed by atoms with Gasteiger partial charge in [-0.3, -0.25) is 4.79 Å². The fourth-order valence-corrected chi connectivity index (χ4v) is 2.40. The molecule has 3 nitrogen and oxygen atoms in total. The van der Waals surface area contributed by atoms with Crippen molar-refractivity contribution in [1.82, 2.24) is 0 Å². The predicted molar refractivity (Wildman–Crippen MR) is 89.2 cm³/mol. The second kappa shape index (κ2) is 6.32. The van der Waals surface area contributed by atoms with Gasteiger partial charge in [0.05, 0.1) is 10.0 Å². The second-order valence-electron chi connectivity index (χ2n) is 4.38. The molecule has 0 aliphatic heterocycles. The summed E-state index contributed by atoms with van der Waals surface area (Å²) >= 11 is 8.02. The third-order valence-electron chi connectivity index (χ3n) is 3.00. The van der Waals surface area contributed by atoms with Crippen LogP contribution in [0.3, 0.4) is 0 Å². The molecule has 2 rings (SSSR count). The molecule has 0 bridgehead atoms. The normalized spacial score (nSPS) is 10.2. The molecular formula is C15H12BrFN2OS. The highest BCUT2D eigenvalue weighted by Crippen LogP contribution is 2.24. The molecule has 6 heteroatoms. The Kier molecular flexibility index (Phi) is 4.69. The highest BCUT2D eigenvalue weighted by Gasteiger charge is 2.18. The van der Waals surface area contributed by atoms with Crippen molar-refractivity contribution in [2.75, 3.05) is 11.9 Å². The molecule has 2 N–H and O–H groups in total. The number of anilines is 1. The maximum absolute atomic E-state index is 13.5. The largest absolute Gasteiger partial charge is 0.389 e. The van der Waals surface area contributed by atoms with Crippen LogP contribution in [0.2, 0.25) is 0 Å². The lowest BCUT2D eigenvalue weighted by Gasteiger charge is -2.19. The van der Waals surface area contributed by atoms with Gasteiger partial charge in [0.2, 0.25) is 0 Å². The highest BCUT2D eigenvalue weighted by atomic mass is 79.9. The van der Waals surface area contributed by atoms with E-state index in [1.807, 2.05) is 0 Å². The first kappa shape index (κ1) is 15.6. The maximum atomic E-state index is 13.5. The Bertz CT molecular complexity index is 721. The van der Waals surface area contributed by atoms with Crippen LogP contribution >= 0.6 is 28.1 Å². The van der Waals surface area contributed by atoms with Gasteiger partial charge in [-0.25, -0.2) is 4.39 Å². The average Bonchev–Trinajstić information content (AvgIpc) is 2.48. The molecule has 2 aromatic carbocycles. The SMILES string of the molecule is CN(C(=O)c1cccc(F)c1Br)c1cccc(C(N)=S)c1. The van der Waals surface area contributed by atoms with Crippen LogP contribution in [0.4, 0.5) is 10.1 Å². The van der Waals surface area contributed by atoms with E-state index in [9.17, 15) is 9.18 Å². The lowest BCUT2D eigenvalue weighted by atomic mass is 10.1. The molecule has 21 heavy (non-hydrogen) atoms. The summed E-state index contributed by atoms with van der Waals surface area (Å²) in [5.74, 6) is -0.812. The number of hydrogen-bond donors (Lipinski definition) is 1. The van der Waals surface area contributed by atoms with Crippen molar-refractivity contribution < 1.29 is 9.18 Å². The van der Waals surface area contributed by atoms with Gasteiger partial charge in [-0.15, -0.1) is 0 Å². The first-order valence-electron chi connectivity index (χ1n) is 6.03. The second-order valence-corrected chi connectivity index (χ2v) is 5.61. The van der Waals surface area contributed by atoms with Crippen LogP contribution in [0, 0.1) is 5.82 Å². The molecule has 0 saturated carbocycles. The number of rotatable bonds is 3. The molecule has 1 amide bonds. The minimum absolute atomic E-state index is 0.146. The van der Waals surface area contributed by atoms with Crippen LogP contribution in [-0.4, -0.2) is 17.9 Å². The molecule has 0 radical (unpaired) electrons. The van der Waals surface area contributed by atoms with E-state index in [0.717, 1.165) is 0 Å². The number of nitrogens with two attached hydrogens (primary N) is 1. The molecule has 0 unspecified atom stereocenters. The number of benzene rings is 2. The molecular weight excluding hydrogens is 355 g/mol. The standard InChI is InChI=1S/C15H12BrFN2OS/c1-19(10-5-2-4-9(8-10)14(18)21)15(20)11-6-3-7-12(17)13(11)16/h2-8H,1H3,(H2,18,21). The third kappa shape index (κ3) is 3.28. The number of thiocarbonyl (C=S) groups is 1. The van der Waals surface area contributed by atoms with Crippen molar-refractivity contribution in [1.29, 1.82) is 0 Å². The predicted octanol–water partition coefficient (Wildman–Crippen LogP) is 3.50. The van der Waals surface area contributed by atoms with Crippen molar-refractivity contribution in [2.24, 2.45) is 5.73 Å². The summed E-state index contributed by atoms with van der Waals surface area (Å²) in [6.07, 6.45) is 0. The highest BCUT2D eigenvalue weighted by molar-refractivity contribution is 9.10. The maximum Gasteiger partial charge on any atom is 0.259 e. The molecule has 108 valence electrons. The molecule has 0 saturated heterocycles. The quantitative estimate of drug-likeness (QED) is 0.845. The summed E-state index contributed by atoms with van der Waals surface area (Å²) < 4.78 is 13.7. The van der Waals surface area contributed by atoms with Crippen molar-refractivity contribution in [3.05, 3.63) is 63.9 Å². The zero-order valence-electron chi connectivity index (χ0n) is 11.1. The molecule has 2 aromatic rings. The number of carbonyl (C=O) groups is 1. The van der Waals surface area contributed by atoms with Crippen LogP contribution in [0.15, 0.2) is 46.9 Å². The Morgan fingerprint density at radius 3 is 2.62 bits per heavy atom. The molecule has 0 spiro atoms. The van der Waals surface area contributed by atoms with E-state index in [4.69, 9.17) is 18.0 Å². The summed E-state index contributed by atoms with van der Waals surface area (Å²) in [6, 6.07) is 11.3. The summed E-state index contributed by atoms with van der Waals surface area (Å²) in [5.41, 5.74) is 7.13. The van der Waals surface area contributed by atoms with Crippen molar-refractivity contribution in [3.8, 4) is 0 Å². The number of amides is 1. The van der Waals surface area contributed by atoms with Gasteiger partial charge in [0, 0.05) is 18.3 Å². The van der Waals surface area contributed by atoms with Gasteiger partial charge in [-0.1, -0.05) is 30.4 Å². The van der Waals surface area contributed by atoms with E-state index < -0.39 is 5.82 Å². The average molecular weight is 367 g/mol. The summed E-state index contributed by atoms with van der Waals surface area (Å²) in [7, 11) is 1.61. The lowest BCUT2D eigenvalue weighted by Crippen LogP contribution is -2.27. The number of carbonyl (C=O) groups excluding carboxylic acids is 1. The van der Waals surface area contributed by atoms with Gasteiger partial charge in [0.25, 0.3) is 5.91 Å².